The molecule has 0 bridgehead atoms. The van der Waals surface area contributed by atoms with Crippen LogP contribution in [-0.4, -0.2) is 90.2 Å². The minimum atomic E-state index is -3.79. The molecular weight excluding hydrogens is 729 g/mol. The molecule has 3 heterocycles. The number of aromatic nitrogens is 2. The number of hydrogen-bond donors (Lipinski definition) is 1. The molecule has 2 aliphatic rings. The Morgan fingerprint density at radius 1 is 1.19 bits per heavy atom. The quantitative estimate of drug-likeness (QED) is 0.142. The first kappa shape index (κ1) is 37.3. The van der Waals surface area contributed by atoms with E-state index >= 15 is 0 Å². The van der Waals surface area contributed by atoms with Crippen LogP contribution in [0.2, 0.25) is 18.1 Å². The lowest BCUT2D eigenvalue weighted by Gasteiger charge is -2.39. The summed E-state index contributed by atoms with van der Waals surface area (Å²) in [5, 5.41) is 1.06. The van der Waals surface area contributed by atoms with Gasteiger partial charge in [0.25, 0.3) is 5.56 Å². The van der Waals surface area contributed by atoms with Crippen molar-refractivity contribution in [1.29, 1.82) is 0 Å². The number of alkyl halides is 2. The van der Waals surface area contributed by atoms with E-state index < -0.39 is 51.5 Å². The first-order chi connectivity index (χ1) is 19.9. The molecule has 0 amide bonds. The number of nitrogens with one attached hydrogen (secondary N) is 1. The van der Waals surface area contributed by atoms with Gasteiger partial charge >= 0.3 is 13.4 Å². The van der Waals surface area contributed by atoms with Crippen LogP contribution in [0.4, 0.5) is 0 Å². The molecule has 1 aromatic heterocycles. The molecule has 16 heteroatoms. The predicted octanol–water partition coefficient (Wildman–Crippen LogP) is 5.30. The van der Waals surface area contributed by atoms with E-state index in [1.165, 1.54) is 10.8 Å². The summed E-state index contributed by atoms with van der Waals surface area (Å²) in [7, 11) is -6.07. The highest BCUT2D eigenvalue weighted by Crippen LogP contribution is 2.53. The van der Waals surface area contributed by atoms with Gasteiger partial charge in [0, 0.05) is 41.9 Å². The van der Waals surface area contributed by atoms with Gasteiger partial charge in [-0.15, -0.1) is 0 Å². The van der Waals surface area contributed by atoms with Crippen molar-refractivity contribution in [2.24, 2.45) is 0 Å². The third-order valence-corrected chi connectivity index (χ3v) is 15.4. The second kappa shape index (κ2) is 15.1. The van der Waals surface area contributed by atoms with Gasteiger partial charge in [0.2, 0.25) is 0 Å². The number of aromatic amines is 1. The second-order valence-corrected chi connectivity index (χ2v) is 21.3. The Balaban J connectivity index is 1.83. The zero-order valence-corrected chi connectivity index (χ0v) is 31.6. The van der Waals surface area contributed by atoms with Crippen molar-refractivity contribution in [3.8, 4) is 0 Å². The molecule has 0 aromatic carbocycles. The number of nitrogens with zero attached hydrogens (tertiary/aromatic N) is 2. The Bertz CT molecular complexity index is 1230. The summed E-state index contributed by atoms with van der Waals surface area (Å²) < 4.78 is 54.3. The zero-order chi connectivity index (χ0) is 32.2. The van der Waals surface area contributed by atoms with E-state index in [2.05, 4.69) is 70.7 Å². The molecule has 2 unspecified atom stereocenters. The zero-order valence-electron chi connectivity index (χ0n) is 26.5. The monoisotopic (exact) mass is 775 g/mol. The van der Waals surface area contributed by atoms with Crippen molar-refractivity contribution < 1.29 is 32.2 Å². The van der Waals surface area contributed by atoms with Crippen LogP contribution in [0.15, 0.2) is 15.8 Å². The van der Waals surface area contributed by atoms with Gasteiger partial charge in [-0.05, 0) is 45.3 Å². The SMILES string of the molecule is Cc1cn([C@H]2C[C@H](O[Si](C)(C)C(C)(C)C)[C@@H](COP(=O)(OCCC3COC(C)(C)O3)N(CCBr)CCBr)O2)c(=O)[nH]c1=O. The Kier molecular flexibility index (Phi) is 13.1. The molecule has 2 saturated heterocycles. The van der Waals surface area contributed by atoms with Crippen LogP contribution < -0.4 is 11.2 Å². The summed E-state index contributed by atoms with van der Waals surface area (Å²) in [6.45, 7) is 17.4. The van der Waals surface area contributed by atoms with Gasteiger partial charge < -0.3 is 18.6 Å². The Hall–Kier alpha value is -0.193. The molecule has 248 valence electrons. The number of H-pyrrole nitrogens is 1. The van der Waals surface area contributed by atoms with Crippen LogP contribution in [0, 0.1) is 6.92 Å². The first-order valence-electron chi connectivity index (χ1n) is 14.6. The third-order valence-electron chi connectivity index (χ3n) is 8.08. The molecule has 12 nitrogen and oxygen atoms in total. The first-order valence-corrected chi connectivity index (χ1v) is 21.3. The van der Waals surface area contributed by atoms with Crippen LogP contribution in [-0.2, 0) is 32.2 Å². The van der Waals surface area contributed by atoms with E-state index in [-0.39, 0.29) is 24.4 Å². The molecule has 0 saturated carbocycles. The van der Waals surface area contributed by atoms with Gasteiger partial charge in [0.15, 0.2) is 14.1 Å². The fourth-order valence-corrected chi connectivity index (χ4v) is 9.15. The Labute approximate surface area is 272 Å². The lowest BCUT2D eigenvalue weighted by molar-refractivity contribution is -0.139. The van der Waals surface area contributed by atoms with E-state index in [0.29, 0.717) is 48.8 Å². The normalized spacial score (nSPS) is 25.8. The standard InChI is InChI=1S/C27H48Br2N3O9PSi/c1-19-16-32(25(34)30-24(19)33)23-15-21(41-43(7,8)26(2,3)4)22(39-23)18-38-42(35,31(12-10-28)13-11-29)37-14-9-20-17-36-27(5,6)40-20/h16,20-23H,9-15,17-18H2,1-8H3,(H,30,33,34)/t20?,21-,22+,23+,42?/m0/s1. The summed E-state index contributed by atoms with van der Waals surface area (Å²) >= 11 is 6.91. The van der Waals surface area contributed by atoms with Crippen LogP contribution in [0.25, 0.3) is 0 Å². The maximum absolute atomic E-state index is 14.4. The molecule has 0 aliphatic carbocycles. The van der Waals surface area contributed by atoms with E-state index in [1.54, 1.807) is 11.6 Å². The minimum Gasteiger partial charge on any atom is -0.411 e. The van der Waals surface area contributed by atoms with Crippen molar-refractivity contribution >= 4 is 47.9 Å². The van der Waals surface area contributed by atoms with Crippen LogP contribution >= 0.6 is 39.6 Å². The molecule has 0 spiro atoms. The van der Waals surface area contributed by atoms with Gasteiger partial charge in [-0.2, -0.15) is 0 Å². The average Bonchev–Trinajstić information content (AvgIpc) is 3.45. The predicted molar refractivity (Wildman–Crippen MR) is 175 cm³/mol. The van der Waals surface area contributed by atoms with Crippen LogP contribution in [0.3, 0.4) is 0 Å². The molecule has 1 aromatic rings. The molecule has 43 heavy (non-hydrogen) atoms. The number of hydrogen-bond acceptors (Lipinski definition) is 9. The van der Waals surface area contributed by atoms with Crippen LogP contribution in [0.1, 0.15) is 59.3 Å². The van der Waals surface area contributed by atoms with Gasteiger partial charge in [-0.1, -0.05) is 52.6 Å². The minimum absolute atomic E-state index is 0.0799. The summed E-state index contributed by atoms with van der Waals surface area (Å²) in [5.74, 6) is -0.662. The van der Waals surface area contributed by atoms with Crippen molar-refractivity contribution in [2.45, 2.75) is 103 Å². The average molecular weight is 778 g/mol. The third kappa shape index (κ3) is 9.90. The Morgan fingerprint density at radius 3 is 2.40 bits per heavy atom. The number of aryl methyl sites for hydroxylation is 1. The summed E-state index contributed by atoms with van der Waals surface area (Å²) in [6, 6.07) is 0. The van der Waals surface area contributed by atoms with Crippen molar-refractivity contribution in [1.82, 2.24) is 14.2 Å². The highest BCUT2D eigenvalue weighted by molar-refractivity contribution is 9.09. The van der Waals surface area contributed by atoms with Crippen molar-refractivity contribution in [3.63, 3.8) is 0 Å². The van der Waals surface area contributed by atoms with E-state index in [9.17, 15) is 14.2 Å². The van der Waals surface area contributed by atoms with Gasteiger partial charge in [-0.3, -0.25) is 23.4 Å². The molecule has 1 N–H and O–H groups in total. The fraction of sp³-hybridized carbons (Fsp3) is 0.852. The maximum atomic E-state index is 14.4. The highest BCUT2D eigenvalue weighted by atomic mass is 79.9. The molecule has 3 rings (SSSR count). The van der Waals surface area contributed by atoms with Crippen molar-refractivity contribution in [2.75, 3.05) is 43.6 Å². The van der Waals surface area contributed by atoms with E-state index in [4.69, 9.17) is 27.7 Å². The summed E-state index contributed by atoms with van der Waals surface area (Å²) in [4.78, 5) is 27.1. The fourth-order valence-electron chi connectivity index (χ4n) is 4.63. The van der Waals surface area contributed by atoms with Gasteiger partial charge in [0.05, 0.1) is 32.0 Å². The van der Waals surface area contributed by atoms with Gasteiger partial charge in [-0.25, -0.2) is 14.0 Å². The number of rotatable bonds is 15. The van der Waals surface area contributed by atoms with E-state index in [0.717, 1.165) is 0 Å². The smallest absolute Gasteiger partial charge is 0.408 e. The molecule has 5 atom stereocenters. The largest absolute Gasteiger partial charge is 0.411 e. The second-order valence-electron chi connectivity index (χ2n) is 12.9. The van der Waals surface area contributed by atoms with E-state index in [1.807, 2.05) is 13.8 Å². The van der Waals surface area contributed by atoms with Crippen LogP contribution in [0.5, 0.6) is 0 Å². The van der Waals surface area contributed by atoms with Crippen molar-refractivity contribution in [3.05, 3.63) is 32.6 Å². The number of halogens is 2. The molecule has 2 aliphatic heterocycles. The lowest BCUT2D eigenvalue weighted by atomic mass is 10.2. The van der Waals surface area contributed by atoms with Gasteiger partial charge in [0.1, 0.15) is 12.3 Å². The Morgan fingerprint density at radius 2 is 1.84 bits per heavy atom. The lowest BCUT2D eigenvalue weighted by Crippen LogP contribution is -2.46. The summed E-state index contributed by atoms with van der Waals surface area (Å²) in [6.07, 6.45) is 0.387. The highest BCUT2D eigenvalue weighted by Gasteiger charge is 2.47. The molecular formula is C27H48Br2N3O9PSi. The molecule has 0 radical (unpaired) electrons. The maximum Gasteiger partial charge on any atom is 0.408 e. The topological polar surface area (TPSA) is 131 Å². The number of ether oxygens (including phenoxy) is 3. The summed E-state index contributed by atoms with van der Waals surface area (Å²) in [5.41, 5.74) is -0.615. The molecule has 2 fully saturated rings.